The van der Waals surface area contributed by atoms with Crippen LogP contribution in [-0.4, -0.2) is 40.5 Å². The Kier molecular flexibility index (Phi) is 6.22. The number of aliphatic hydroxyl groups excluding tert-OH is 1. The number of fused-ring (bicyclic) bond motifs is 2. The molecule has 1 aliphatic heterocycles. The van der Waals surface area contributed by atoms with E-state index in [-0.39, 0.29) is 39.4 Å². The summed E-state index contributed by atoms with van der Waals surface area (Å²) < 4.78 is 51.0. The molecule has 0 amide bonds. The van der Waals surface area contributed by atoms with Crippen molar-refractivity contribution in [2.24, 2.45) is 16.0 Å². The van der Waals surface area contributed by atoms with Gasteiger partial charge in [-0.2, -0.15) is 0 Å². The van der Waals surface area contributed by atoms with Crippen molar-refractivity contribution >= 4 is 49.6 Å². The van der Waals surface area contributed by atoms with Gasteiger partial charge in [-0.15, -0.1) is 4.40 Å². The van der Waals surface area contributed by atoms with Gasteiger partial charge < -0.3 is 16.2 Å². The Morgan fingerprint density at radius 3 is 2.54 bits per heavy atom. The molecule has 0 saturated heterocycles. The predicted molar refractivity (Wildman–Crippen MR) is 138 cm³/mol. The highest BCUT2D eigenvalue weighted by Crippen LogP contribution is 2.56. The lowest BCUT2D eigenvalue weighted by Crippen LogP contribution is -2.50. The monoisotopic (exact) mass is 520 g/mol. The summed E-state index contributed by atoms with van der Waals surface area (Å²) in [5, 5.41) is 14.0. The molecule has 4 rings (SSSR count). The van der Waals surface area contributed by atoms with Gasteiger partial charge in [0, 0.05) is 5.56 Å². The average molecular weight is 521 g/mol. The zero-order chi connectivity index (χ0) is 25.8. The van der Waals surface area contributed by atoms with Crippen molar-refractivity contribution in [3.8, 4) is 0 Å². The number of nitrogens with zero attached hydrogens (tertiary/aromatic N) is 1. The van der Waals surface area contributed by atoms with Crippen LogP contribution < -0.4 is 15.8 Å². The molecule has 0 unspecified atom stereocenters. The highest BCUT2D eigenvalue weighted by molar-refractivity contribution is 8.23. The van der Waals surface area contributed by atoms with Gasteiger partial charge in [0.05, 0.1) is 17.6 Å². The van der Waals surface area contributed by atoms with Crippen molar-refractivity contribution in [1.82, 2.24) is 0 Å². The number of hydrogen-bond acceptors (Lipinski definition) is 9. The van der Waals surface area contributed by atoms with E-state index in [1.54, 1.807) is 24.3 Å². The quantitative estimate of drug-likeness (QED) is 0.331. The molecule has 0 saturated carbocycles. The maximum atomic E-state index is 13.8. The second-order valence-electron chi connectivity index (χ2n) is 9.17. The summed E-state index contributed by atoms with van der Waals surface area (Å²) in [5.74, 6) is -0.902. The van der Waals surface area contributed by atoms with Crippen molar-refractivity contribution in [3.05, 3.63) is 59.2 Å². The molecule has 2 aromatic carbocycles. The molecular formula is C23H28N4O6S2. The van der Waals surface area contributed by atoms with Gasteiger partial charge >= 0.3 is 0 Å². The number of Topliss-reactive ketones (excluding diaryl/α,β-unsaturated/α-hetero) is 1. The first kappa shape index (κ1) is 25.2. The number of hydrogen-bond donors (Lipinski definition) is 6. The Bertz CT molecular complexity index is 1380. The van der Waals surface area contributed by atoms with Gasteiger partial charge in [-0.05, 0) is 42.5 Å². The normalized spacial score (nSPS) is 22.1. The van der Waals surface area contributed by atoms with E-state index >= 15 is 0 Å². The molecule has 7 N–H and O–H groups in total. The minimum atomic E-state index is -3.85. The first-order chi connectivity index (χ1) is 16.2. The fourth-order valence-corrected chi connectivity index (χ4v) is 5.96. The minimum Gasteiger partial charge on any atom is -0.506 e. The molecule has 0 radical (unpaired) electrons. The molecule has 1 aliphatic carbocycles. The highest BCUT2D eigenvalue weighted by Gasteiger charge is 2.47. The second kappa shape index (κ2) is 8.64. The van der Waals surface area contributed by atoms with Crippen molar-refractivity contribution in [1.29, 1.82) is 0 Å². The van der Waals surface area contributed by atoms with E-state index in [0.717, 1.165) is 6.26 Å². The fourth-order valence-electron chi connectivity index (χ4n) is 4.22. The number of carbonyl (C=O) groups excluding carboxylic acids is 1. The largest absolute Gasteiger partial charge is 0.506 e. The molecule has 1 atom stereocenters. The predicted octanol–water partition coefficient (Wildman–Crippen LogP) is 4.05. The molecule has 2 aliphatic rings. The van der Waals surface area contributed by atoms with Crippen LogP contribution in [0.15, 0.2) is 57.3 Å². The SMILES string of the molecule is CC(C)CC[C@@]1(N)C(=O)C(C2=NS(O)(O)c3cc(NS(C)(=O)=O)ccc3N2)=C(O)c2ccccc21. The molecule has 188 valence electrons. The lowest BCUT2D eigenvalue weighted by molar-refractivity contribution is -0.120. The summed E-state index contributed by atoms with van der Waals surface area (Å²) in [7, 11) is -7.45. The zero-order valence-electron chi connectivity index (χ0n) is 19.4. The summed E-state index contributed by atoms with van der Waals surface area (Å²) in [6.45, 7) is 4.03. The van der Waals surface area contributed by atoms with Gasteiger partial charge in [0.25, 0.3) is 0 Å². The summed E-state index contributed by atoms with van der Waals surface area (Å²) in [6, 6.07) is 10.9. The van der Waals surface area contributed by atoms with Crippen molar-refractivity contribution in [3.63, 3.8) is 0 Å². The highest BCUT2D eigenvalue weighted by atomic mass is 32.3. The minimum absolute atomic E-state index is 0.0579. The molecule has 10 nitrogen and oxygen atoms in total. The maximum absolute atomic E-state index is 13.8. The standard InChI is InChI=1S/C23H28N4O6S2/c1-13(2)10-11-23(24)16-7-5-4-6-15(16)20(28)19(21(23)29)22-25-17-9-8-14(26-34(3,30)31)12-18(17)35(32,33)27-22/h4-9,12-13,26,28,32-33H,10-11,24H2,1-3H3,(H,25,27)/t23-/m0/s1. The van der Waals surface area contributed by atoms with E-state index < -0.39 is 32.1 Å². The lowest BCUT2D eigenvalue weighted by atomic mass is 9.72. The molecule has 2 aromatic rings. The Morgan fingerprint density at radius 1 is 1.20 bits per heavy atom. The number of sulfonamides is 1. The van der Waals surface area contributed by atoms with E-state index in [1.165, 1.54) is 18.2 Å². The number of amidine groups is 1. The molecule has 0 fully saturated rings. The van der Waals surface area contributed by atoms with Crippen LogP contribution in [0.4, 0.5) is 11.4 Å². The number of ketones is 1. The molecule has 35 heavy (non-hydrogen) atoms. The number of carbonyl (C=O) groups is 1. The van der Waals surface area contributed by atoms with E-state index in [1.807, 2.05) is 13.8 Å². The Hall–Kier alpha value is -2.90. The van der Waals surface area contributed by atoms with E-state index in [2.05, 4.69) is 14.4 Å². The summed E-state index contributed by atoms with van der Waals surface area (Å²) in [5.41, 5.74) is 6.20. The molecule has 0 bridgehead atoms. The number of nitrogens with one attached hydrogen (secondary N) is 2. The molecule has 0 aromatic heterocycles. The lowest BCUT2D eigenvalue weighted by Gasteiger charge is -2.39. The zero-order valence-corrected chi connectivity index (χ0v) is 21.1. The van der Waals surface area contributed by atoms with Crippen LogP contribution in [0.2, 0.25) is 0 Å². The van der Waals surface area contributed by atoms with Crippen LogP contribution >= 0.6 is 10.8 Å². The van der Waals surface area contributed by atoms with Crippen molar-refractivity contribution in [2.45, 2.75) is 37.1 Å². The van der Waals surface area contributed by atoms with Crippen LogP contribution in [0.1, 0.15) is 37.8 Å². The van der Waals surface area contributed by atoms with Gasteiger partial charge in [0.15, 0.2) is 11.6 Å². The molecule has 0 spiro atoms. The van der Waals surface area contributed by atoms with Crippen LogP contribution in [0.5, 0.6) is 0 Å². The third-order valence-electron chi connectivity index (χ3n) is 5.94. The Balaban J connectivity index is 1.82. The average Bonchev–Trinajstić information content (AvgIpc) is 2.76. The van der Waals surface area contributed by atoms with Gasteiger partial charge in [-0.1, -0.05) is 48.9 Å². The summed E-state index contributed by atoms with van der Waals surface area (Å²) in [4.78, 5) is 13.7. The van der Waals surface area contributed by atoms with E-state index in [9.17, 15) is 27.4 Å². The third kappa shape index (κ3) is 4.67. The molecular weight excluding hydrogens is 492 g/mol. The number of anilines is 2. The maximum Gasteiger partial charge on any atom is 0.229 e. The first-order valence-corrected chi connectivity index (χ1v) is 14.3. The van der Waals surface area contributed by atoms with Crippen molar-refractivity contribution in [2.75, 3.05) is 16.3 Å². The molecule has 1 heterocycles. The number of rotatable bonds is 6. The van der Waals surface area contributed by atoms with E-state index in [4.69, 9.17) is 5.73 Å². The molecule has 12 heteroatoms. The van der Waals surface area contributed by atoms with Crippen LogP contribution in [0, 0.1) is 5.92 Å². The van der Waals surface area contributed by atoms with Crippen molar-refractivity contribution < 1.29 is 27.4 Å². The van der Waals surface area contributed by atoms with Crippen LogP contribution in [0.25, 0.3) is 5.76 Å². The third-order valence-corrected chi connectivity index (χ3v) is 7.91. The van der Waals surface area contributed by atoms with E-state index in [0.29, 0.717) is 24.0 Å². The summed E-state index contributed by atoms with van der Waals surface area (Å²) >= 11 is 0. The van der Waals surface area contributed by atoms with Gasteiger partial charge in [-0.3, -0.25) is 18.6 Å². The Labute approximate surface area is 205 Å². The number of nitrogens with two attached hydrogens (primary N) is 1. The number of benzene rings is 2. The smallest absolute Gasteiger partial charge is 0.229 e. The van der Waals surface area contributed by atoms with Gasteiger partial charge in [-0.25, -0.2) is 8.42 Å². The van der Waals surface area contributed by atoms with Crippen LogP contribution in [-0.2, 0) is 20.4 Å². The first-order valence-electron chi connectivity index (χ1n) is 10.9. The van der Waals surface area contributed by atoms with Gasteiger partial charge in [0.1, 0.15) is 21.8 Å². The second-order valence-corrected chi connectivity index (χ2v) is 12.6. The fraction of sp³-hybridized carbons (Fsp3) is 0.304. The topological polar surface area (TPSA) is 174 Å². The summed E-state index contributed by atoms with van der Waals surface area (Å²) in [6.07, 6.45) is 1.94. The van der Waals surface area contributed by atoms with Gasteiger partial charge in [0.2, 0.25) is 10.0 Å². The van der Waals surface area contributed by atoms with Crippen LogP contribution in [0.3, 0.4) is 0 Å². The number of aliphatic hydroxyl groups is 1. The Morgan fingerprint density at radius 2 is 1.89 bits per heavy atom.